The Morgan fingerprint density at radius 3 is 2.44 bits per heavy atom. The smallest absolute Gasteiger partial charge is 0.128 e. The lowest BCUT2D eigenvalue weighted by atomic mass is 10.0. The van der Waals surface area contributed by atoms with Gasteiger partial charge in [-0.3, -0.25) is 0 Å². The monoisotopic (exact) mass is 218 g/mol. The molecule has 2 nitrogen and oxygen atoms in total. The van der Waals surface area contributed by atoms with Crippen LogP contribution in [0.2, 0.25) is 0 Å². The number of aryl methyl sites for hydroxylation is 1. The first-order valence-electron chi connectivity index (χ1n) is 6.40. The fourth-order valence-corrected chi connectivity index (χ4v) is 2.45. The van der Waals surface area contributed by atoms with Gasteiger partial charge < -0.3 is 4.90 Å². The maximum Gasteiger partial charge on any atom is 0.128 e. The van der Waals surface area contributed by atoms with Gasteiger partial charge in [-0.1, -0.05) is 13.8 Å². The normalized spacial score (nSPS) is 16.9. The second-order valence-corrected chi connectivity index (χ2v) is 5.10. The topological polar surface area (TPSA) is 16.1 Å². The molecule has 2 heteroatoms. The van der Waals surface area contributed by atoms with E-state index in [9.17, 15) is 0 Å². The molecule has 0 aromatic carbocycles. The van der Waals surface area contributed by atoms with Crippen molar-refractivity contribution in [1.82, 2.24) is 4.98 Å². The van der Waals surface area contributed by atoms with E-state index in [4.69, 9.17) is 0 Å². The Hall–Kier alpha value is -1.05. The molecule has 0 spiro atoms. The summed E-state index contributed by atoms with van der Waals surface area (Å²) in [5.74, 6) is 1.74. The third kappa shape index (κ3) is 2.37. The summed E-state index contributed by atoms with van der Waals surface area (Å²) in [6, 6.07) is 2.25. The number of pyridine rings is 1. The molecule has 2 rings (SSSR count). The molecule has 16 heavy (non-hydrogen) atoms. The fraction of sp³-hybridized carbons (Fsp3) is 0.643. The van der Waals surface area contributed by atoms with Crippen LogP contribution >= 0.6 is 0 Å². The Morgan fingerprint density at radius 1 is 1.19 bits per heavy atom. The first-order chi connectivity index (χ1) is 7.68. The minimum Gasteiger partial charge on any atom is -0.357 e. The highest BCUT2D eigenvalue weighted by atomic mass is 15.2. The van der Waals surface area contributed by atoms with Crippen LogP contribution in [-0.4, -0.2) is 18.1 Å². The molecule has 0 N–H and O–H groups in total. The van der Waals surface area contributed by atoms with Crippen LogP contribution in [0.5, 0.6) is 0 Å². The van der Waals surface area contributed by atoms with Crippen molar-refractivity contribution in [1.29, 1.82) is 0 Å². The molecule has 88 valence electrons. The summed E-state index contributed by atoms with van der Waals surface area (Å²) in [6.45, 7) is 9.00. The number of aromatic nitrogens is 1. The molecule has 1 aromatic heterocycles. The molecular weight excluding hydrogens is 196 g/mol. The summed E-state index contributed by atoms with van der Waals surface area (Å²) >= 11 is 0. The summed E-state index contributed by atoms with van der Waals surface area (Å²) in [4.78, 5) is 7.03. The first-order valence-corrected chi connectivity index (χ1v) is 6.40. The predicted octanol–water partition coefficient (Wildman–Crippen LogP) is 3.50. The average molecular weight is 218 g/mol. The highest BCUT2D eigenvalue weighted by molar-refractivity contribution is 5.44. The van der Waals surface area contributed by atoms with Crippen molar-refractivity contribution >= 4 is 5.82 Å². The summed E-state index contributed by atoms with van der Waals surface area (Å²) < 4.78 is 0. The van der Waals surface area contributed by atoms with E-state index in [1.165, 1.54) is 49.3 Å². The van der Waals surface area contributed by atoms with Gasteiger partial charge >= 0.3 is 0 Å². The third-order valence-corrected chi connectivity index (χ3v) is 3.44. The lowest BCUT2D eigenvalue weighted by molar-refractivity contribution is 0.573. The van der Waals surface area contributed by atoms with Crippen LogP contribution in [0.3, 0.4) is 0 Å². The molecule has 1 aliphatic heterocycles. The maximum absolute atomic E-state index is 4.61. The molecule has 0 bridgehead atoms. The van der Waals surface area contributed by atoms with Gasteiger partial charge in [-0.25, -0.2) is 4.98 Å². The number of rotatable bonds is 2. The van der Waals surface area contributed by atoms with Crippen molar-refractivity contribution < 1.29 is 0 Å². The molecule has 0 atom stereocenters. The number of hydrogen-bond acceptors (Lipinski definition) is 2. The van der Waals surface area contributed by atoms with E-state index in [0.29, 0.717) is 5.92 Å². The van der Waals surface area contributed by atoms with E-state index in [1.807, 2.05) is 0 Å². The Kier molecular flexibility index (Phi) is 3.47. The van der Waals surface area contributed by atoms with Gasteiger partial charge in [0.15, 0.2) is 0 Å². The van der Waals surface area contributed by atoms with E-state index in [1.54, 1.807) is 0 Å². The molecular formula is C14H22N2. The van der Waals surface area contributed by atoms with Crippen molar-refractivity contribution in [3.63, 3.8) is 0 Å². The number of piperidine rings is 1. The van der Waals surface area contributed by atoms with Crippen LogP contribution in [0.25, 0.3) is 0 Å². The van der Waals surface area contributed by atoms with E-state index in [2.05, 4.69) is 42.9 Å². The first kappa shape index (κ1) is 11.4. The molecule has 1 fully saturated rings. The standard InChI is InChI=1S/C14H22N2/c1-11(2)13-10-15-14(9-12(13)3)16-7-5-4-6-8-16/h9-11H,4-8H2,1-3H3. The fourth-order valence-electron chi connectivity index (χ4n) is 2.45. The minimum atomic E-state index is 0.572. The average Bonchev–Trinajstić information content (AvgIpc) is 2.29. The molecule has 1 saturated heterocycles. The summed E-state index contributed by atoms with van der Waals surface area (Å²) in [5.41, 5.74) is 2.76. The van der Waals surface area contributed by atoms with E-state index >= 15 is 0 Å². The van der Waals surface area contributed by atoms with Gasteiger partial charge in [0, 0.05) is 19.3 Å². The zero-order valence-electron chi connectivity index (χ0n) is 10.7. The summed E-state index contributed by atoms with van der Waals surface area (Å²) in [5, 5.41) is 0. The van der Waals surface area contributed by atoms with Gasteiger partial charge in [0.1, 0.15) is 5.82 Å². The van der Waals surface area contributed by atoms with Crippen molar-refractivity contribution in [2.75, 3.05) is 18.0 Å². The largest absolute Gasteiger partial charge is 0.357 e. The third-order valence-electron chi connectivity index (χ3n) is 3.44. The molecule has 1 aliphatic rings. The van der Waals surface area contributed by atoms with Gasteiger partial charge in [-0.2, -0.15) is 0 Å². The van der Waals surface area contributed by atoms with Crippen LogP contribution in [0.1, 0.15) is 50.2 Å². The quantitative estimate of drug-likeness (QED) is 0.755. The summed E-state index contributed by atoms with van der Waals surface area (Å²) in [6.07, 6.45) is 6.06. The Morgan fingerprint density at radius 2 is 1.88 bits per heavy atom. The molecule has 1 aromatic rings. The number of nitrogens with zero attached hydrogens (tertiary/aromatic N) is 2. The molecule has 0 saturated carbocycles. The molecule has 0 radical (unpaired) electrons. The van der Waals surface area contributed by atoms with Crippen LogP contribution in [-0.2, 0) is 0 Å². The highest BCUT2D eigenvalue weighted by Gasteiger charge is 2.13. The molecule has 0 unspecified atom stereocenters. The van der Waals surface area contributed by atoms with Crippen LogP contribution in [0.4, 0.5) is 5.82 Å². The second-order valence-electron chi connectivity index (χ2n) is 5.10. The lowest BCUT2D eigenvalue weighted by Gasteiger charge is -2.28. The molecule has 2 heterocycles. The van der Waals surface area contributed by atoms with Crippen LogP contribution in [0.15, 0.2) is 12.3 Å². The van der Waals surface area contributed by atoms with E-state index < -0.39 is 0 Å². The zero-order valence-corrected chi connectivity index (χ0v) is 10.7. The second kappa shape index (κ2) is 4.86. The van der Waals surface area contributed by atoms with Crippen LogP contribution < -0.4 is 4.90 Å². The lowest BCUT2D eigenvalue weighted by Crippen LogP contribution is -2.30. The van der Waals surface area contributed by atoms with E-state index in [0.717, 1.165) is 0 Å². The van der Waals surface area contributed by atoms with Crippen LogP contribution in [0, 0.1) is 6.92 Å². The number of anilines is 1. The highest BCUT2D eigenvalue weighted by Crippen LogP contribution is 2.23. The van der Waals surface area contributed by atoms with Crippen molar-refractivity contribution in [2.24, 2.45) is 0 Å². The Balaban J connectivity index is 2.19. The van der Waals surface area contributed by atoms with E-state index in [-0.39, 0.29) is 0 Å². The Labute approximate surface area is 98.7 Å². The zero-order chi connectivity index (χ0) is 11.5. The van der Waals surface area contributed by atoms with Gasteiger partial charge in [0.25, 0.3) is 0 Å². The Bertz CT molecular complexity index is 352. The number of hydrogen-bond donors (Lipinski definition) is 0. The van der Waals surface area contributed by atoms with Crippen molar-refractivity contribution in [2.45, 2.75) is 46.0 Å². The van der Waals surface area contributed by atoms with Crippen molar-refractivity contribution in [3.05, 3.63) is 23.4 Å². The maximum atomic E-state index is 4.61. The van der Waals surface area contributed by atoms with Gasteiger partial charge in [0.05, 0.1) is 0 Å². The van der Waals surface area contributed by atoms with Gasteiger partial charge in [-0.05, 0) is 49.3 Å². The molecule has 0 aliphatic carbocycles. The van der Waals surface area contributed by atoms with Crippen molar-refractivity contribution in [3.8, 4) is 0 Å². The van der Waals surface area contributed by atoms with Gasteiger partial charge in [0.2, 0.25) is 0 Å². The van der Waals surface area contributed by atoms with Gasteiger partial charge in [-0.15, -0.1) is 0 Å². The molecule has 0 amide bonds. The summed E-state index contributed by atoms with van der Waals surface area (Å²) in [7, 11) is 0. The SMILES string of the molecule is Cc1cc(N2CCCCC2)ncc1C(C)C. The minimum absolute atomic E-state index is 0.572. The predicted molar refractivity (Wildman–Crippen MR) is 69.1 cm³/mol.